The zero-order chi connectivity index (χ0) is 12.8. The Kier molecular flexibility index (Phi) is 2.64. The van der Waals surface area contributed by atoms with Gasteiger partial charge in [0.05, 0.1) is 11.0 Å². The maximum Gasteiger partial charge on any atom is 0.314 e. The van der Waals surface area contributed by atoms with Gasteiger partial charge in [-0.25, -0.2) is 13.2 Å². The van der Waals surface area contributed by atoms with E-state index in [2.05, 4.69) is 0 Å². The normalized spacial score (nSPS) is 17.2. The molecular formula is C12H11F3O2. The van der Waals surface area contributed by atoms with Gasteiger partial charge in [0.25, 0.3) is 6.43 Å². The maximum absolute atomic E-state index is 13.5. The third-order valence-electron chi connectivity index (χ3n) is 3.27. The van der Waals surface area contributed by atoms with Gasteiger partial charge in [-0.15, -0.1) is 0 Å². The largest absolute Gasteiger partial charge is 0.481 e. The molecule has 0 radical (unpaired) electrons. The Bertz CT molecular complexity index is 456. The molecule has 17 heavy (non-hydrogen) atoms. The van der Waals surface area contributed by atoms with E-state index >= 15 is 0 Å². The summed E-state index contributed by atoms with van der Waals surface area (Å²) in [6, 6.07) is 2.28. The van der Waals surface area contributed by atoms with E-state index in [4.69, 9.17) is 5.11 Å². The van der Waals surface area contributed by atoms with E-state index in [1.807, 2.05) is 0 Å². The SMILES string of the molecule is Cc1cc(C2(C(=O)O)CC2)cc(F)c1C(F)F. The van der Waals surface area contributed by atoms with Gasteiger partial charge in [0.1, 0.15) is 5.82 Å². The first kappa shape index (κ1) is 12.0. The van der Waals surface area contributed by atoms with Crippen LogP contribution >= 0.6 is 0 Å². The Hall–Kier alpha value is -1.52. The number of rotatable bonds is 3. The monoisotopic (exact) mass is 244 g/mol. The number of carboxylic acids is 1. The zero-order valence-electron chi connectivity index (χ0n) is 9.14. The van der Waals surface area contributed by atoms with Gasteiger partial charge in [-0.3, -0.25) is 4.79 Å². The molecule has 0 atom stereocenters. The molecule has 5 heteroatoms. The van der Waals surface area contributed by atoms with Crippen LogP contribution in [0.25, 0.3) is 0 Å². The zero-order valence-corrected chi connectivity index (χ0v) is 9.14. The molecule has 1 N–H and O–H groups in total. The highest BCUT2D eigenvalue weighted by Gasteiger charge is 2.52. The van der Waals surface area contributed by atoms with Crippen LogP contribution in [0.15, 0.2) is 12.1 Å². The van der Waals surface area contributed by atoms with E-state index in [-0.39, 0.29) is 11.1 Å². The van der Waals surface area contributed by atoms with E-state index in [9.17, 15) is 18.0 Å². The fourth-order valence-corrected chi connectivity index (χ4v) is 2.06. The number of hydrogen-bond acceptors (Lipinski definition) is 1. The molecule has 1 aliphatic carbocycles. The third kappa shape index (κ3) is 1.79. The molecule has 1 aliphatic rings. The number of benzene rings is 1. The molecule has 1 fully saturated rings. The minimum atomic E-state index is -2.89. The van der Waals surface area contributed by atoms with Crippen LogP contribution in [-0.2, 0) is 10.2 Å². The quantitative estimate of drug-likeness (QED) is 0.886. The second kappa shape index (κ2) is 3.75. The number of carbonyl (C=O) groups is 1. The molecule has 0 heterocycles. The Morgan fingerprint density at radius 3 is 2.35 bits per heavy atom. The molecule has 0 bridgehead atoms. The Morgan fingerprint density at radius 2 is 2.00 bits per heavy atom. The predicted octanol–water partition coefficient (Wildman–Crippen LogP) is 3.19. The van der Waals surface area contributed by atoms with Crippen LogP contribution in [0.2, 0.25) is 0 Å². The van der Waals surface area contributed by atoms with Gasteiger partial charge in [0.2, 0.25) is 0 Å². The van der Waals surface area contributed by atoms with Crippen LogP contribution in [-0.4, -0.2) is 11.1 Å². The first-order valence-corrected chi connectivity index (χ1v) is 5.20. The predicted molar refractivity (Wildman–Crippen MR) is 54.6 cm³/mol. The average molecular weight is 244 g/mol. The lowest BCUT2D eigenvalue weighted by atomic mass is 9.92. The van der Waals surface area contributed by atoms with Crippen LogP contribution in [0.3, 0.4) is 0 Å². The summed E-state index contributed by atoms with van der Waals surface area (Å²) >= 11 is 0. The molecule has 1 aromatic carbocycles. The molecular weight excluding hydrogens is 233 g/mol. The standard InChI is InChI=1S/C12H11F3O2/c1-6-4-7(12(2-3-12)11(16)17)5-8(13)9(6)10(14)15/h4-5,10H,2-3H2,1H3,(H,16,17). The van der Waals surface area contributed by atoms with Crippen molar-refractivity contribution in [3.8, 4) is 0 Å². The van der Waals surface area contributed by atoms with E-state index in [0.717, 1.165) is 6.07 Å². The number of hydrogen-bond donors (Lipinski definition) is 1. The molecule has 1 saturated carbocycles. The van der Waals surface area contributed by atoms with Crippen LogP contribution < -0.4 is 0 Å². The second-order valence-electron chi connectivity index (χ2n) is 4.38. The van der Waals surface area contributed by atoms with Crippen molar-refractivity contribution in [3.63, 3.8) is 0 Å². The van der Waals surface area contributed by atoms with Crippen LogP contribution in [0.5, 0.6) is 0 Å². The van der Waals surface area contributed by atoms with Gasteiger partial charge in [0, 0.05) is 0 Å². The number of alkyl halides is 2. The summed E-state index contributed by atoms with van der Waals surface area (Å²) in [5.41, 5.74) is -1.33. The smallest absolute Gasteiger partial charge is 0.314 e. The molecule has 0 saturated heterocycles. The number of aliphatic carboxylic acids is 1. The highest BCUT2D eigenvalue weighted by molar-refractivity contribution is 5.85. The van der Waals surface area contributed by atoms with Crippen molar-refractivity contribution in [3.05, 3.63) is 34.6 Å². The number of carboxylic acid groups (broad SMARTS) is 1. The third-order valence-corrected chi connectivity index (χ3v) is 3.27. The van der Waals surface area contributed by atoms with Crippen molar-refractivity contribution < 1.29 is 23.1 Å². The lowest BCUT2D eigenvalue weighted by Crippen LogP contribution is -2.20. The van der Waals surface area contributed by atoms with Crippen molar-refractivity contribution in [1.82, 2.24) is 0 Å². The van der Waals surface area contributed by atoms with Crippen LogP contribution in [0.1, 0.15) is 36.0 Å². The topological polar surface area (TPSA) is 37.3 Å². The summed E-state index contributed by atoms with van der Waals surface area (Å²) in [5, 5.41) is 9.05. The van der Waals surface area contributed by atoms with Gasteiger partial charge in [-0.2, -0.15) is 0 Å². The fraction of sp³-hybridized carbons (Fsp3) is 0.417. The van der Waals surface area contributed by atoms with Gasteiger partial charge in [0.15, 0.2) is 0 Å². The average Bonchev–Trinajstić information content (AvgIpc) is 2.95. The van der Waals surface area contributed by atoms with Crippen molar-refractivity contribution >= 4 is 5.97 Å². The highest BCUT2D eigenvalue weighted by atomic mass is 19.3. The van der Waals surface area contributed by atoms with E-state index in [0.29, 0.717) is 12.8 Å². The molecule has 1 aromatic rings. The lowest BCUT2D eigenvalue weighted by molar-refractivity contribution is -0.140. The maximum atomic E-state index is 13.5. The molecule has 0 aliphatic heterocycles. The minimum Gasteiger partial charge on any atom is -0.481 e. The molecule has 0 amide bonds. The van der Waals surface area contributed by atoms with Crippen molar-refractivity contribution in [2.75, 3.05) is 0 Å². The molecule has 0 unspecified atom stereocenters. The highest BCUT2D eigenvalue weighted by Crippen LogP contribution is 2.49. The Morgan fingerprint density at radius 1 is 1.41 bits per heavy atom. The summed E-state index contributed by atoms with van der Waals surface area (Å²) in [5.74, 6) is -2.05. The second-order valence-corrected chi connectivity index (χ2v) is 4.38. The van der Waals surface area contributed by atoms with E-state index in [1.165, 1.54) is 13.0 Å². The van der Waals surface area contributed by atoms with Crippen molar-refractivity contribution in [2.24, 2.45) is 0 Å². The van der Waals surface area contributed by atoms with Crippen LogP contribution in [0.4, 0.5) is 13.2 Å². The van der Waals surface area contributed by atoms with Gasteiger partial charge >= 0.3 is 5.97 Å². The molecule has 92 valence electrons. The summed E-state index contributed by atoms with van der Waals surface area (Å²) < 4.78 is 38.6. The number of halogens is 3. The van der Waals surface area contributed by atoms with Crippen LogP contribution in [0, 0.1) is 12.7 Å². The first-order chi connectivity index (χ1) is 7.88. The van der Waals surface area contributed by atoms with Gasteiger partial charge in [-0.1, -0.05) is 6.07 Å². The molecule has 2 nitrogen and oxygen atoms in total. The summed E-state index contributed by atoms with van der Waals surface area (Å²) in [4.78, 5) is 11.1. The van der Waals surface area contributed by atoms with E-state index in [1.54, 1.807) is 0 Å². The van der Waals surface area contributed by atoms with Crippen molar-refractivity contribution in [1.29, 1.82) is 0 Å². The van der Waals surface area contributed by atoms with Gasteiger partial charge in [-0.05, 0) is 37.0 Å². The fourth-order valence-electron chi connectivity index (χ4n) is 2.06. The molecule has 0 spiro atoms. The number of aryl methyl sites for hydroxylation is 1. The summed E-state index contributed by atoms with van der Waals surface area (Å²) in [7, 11) is 0. The minimum absolute atomic E-state index is 0.0996. The molecule has 0 aromatic heterocycles. The first-order valence-electron chi connectivity index (χ1n) is 5.20. The van der Waals surface area contributed by atoms with Crippen molar-refractivity contribution in [2.45, 2.75) is 31.6 Å². The lowest BCUT2D eigenvalue weighted by Gasteiger charge is -2.14. The summed E-state index contributed by atoms with van der Waals surface area (Å²) in [6.07, 6.45) is -2.03. The summed E-state index contributed by atoms with van der Waals surface area (Å²) in [6.45, 7) is 1.37. The Balaban J connectivity index is 2.50. The Labute approximate surface area is 96.1 Å². The molecule has 2 rings (SSSR count). The van der Waals surface area contributed by atoms with Gasteiger partial charge < -0.3 is 5.11 Å². The van der Waals surface area contributed by atoms with E-state index < -0.39 is 29.2 Å².